The molecule has 31 heavy (non-hydrogen) atoms. The second-order valence-corrected chi connectivity index (χ2v) is 10.2. The van der Waals surface area contributed by atoms with Crippen LogP contribution in [0.25, 0.3) is 0 Å². The Morgan fingerprint density at radius 3 is 1.32 bits per heavy atom. The zero-order valence-electron chi connectivity index (χ0n) is 21.9. The predicted octanol–water partition coefficient (Wildman–Crippen LogP) is 9.65. The molecule has 1 aliphatic heterocycles. The highest BCUT2D eigenvalue weighted by Gasteiger charge is 2.22. The van der Waals surface area contributed by atoms with E-state index in [4.69, 9.17) is 0 Å². The van der Waals surface area contributed by atoms with Crippen molar-refractivity contribution in [2.75, 3.05) is 13.6 Å². The van der Waals surface area contributed by atoms with Gasteiger partial charge in [0.05, 0.1) is 0 Å². The van der Waals surface area contributed by atoms with Crippen LogP contribution in [0.4, 0.5) is 0 Å². The normalized spacial score (nSPS) is 16.0. The van der Waals surface area contributed by atoms with E-state index in [0.717, 1.165) is 0 Å². The first-order chi connectivity index (χ1) is 15.3. The van der Waals surface area contributed by atoms with Crippen LogP contribution in [0, 0.1) is 0 Å². The second kappa shape index (κ2) is 21.2. The molecule has 0 aromatic heterocycles. The van der Waals surface area contributed by atoms with E-state index in [2.05, 4.69) is 43.1 Å². The van der Waals surface area contributed by atoms with E-state index in [0.29, 0.717) is 6.17 Å². The Morgan fingerprint density at radius 1 is 0.484 bits per heavy atom. The maximum Gasteiger partial charge on any atom is 0.100 e. The molecular weight excluding hydrogens is 376 g/mol. The van der Waals surface area contributed by atoms with Crippen LogP contribution in [0.2, 0.25) is 0 Å². The highest BCUT2D eigenvalue weighted by molar-refractivity contribution is 4.95. The van der Waals surface area contributed by atoms with Crippen molar-refractivity contribution in [3.8, 4) is 0 Å². The van der Waals surface area contributed by atoms with Crippen molar-refractivity contribution < 1.29 is 0 Å². The summed E-state index contributed by atoms with van der Waals surface area (Å²) in [6.45, 7) is 5.85. The van der Waals surface area contributed by atoms with Gasteiger partial charge in [0.15, 0.2) is 0 Å². The Hall–Kier alpha value is -0.660. The fourth-order valence-corrected chi connectivity index (χ4v) is 4.99. The average Bonchev–Trinajstić information content (AvgIpc) is 3.12. The maximum absolute atomic E-state index is 2.61. The fraction of sp³-hybridized carbons (Fsp3) is 0.931. The first-order valence-electron chi connectivity index (χ1n) is 14.5. The molecule has 0 radical (unpaired) electrons. The number of nitrogens with zero attached hydrogens (tertiary/aromatic N) is 2. The summed E-state index contributed by atoms with van der Waals surface area (Å²) < 4.78 is 0. The molecule has 2 heteroatoms. The molecule has 1 unspecified atom stereocenters. The Balaban J connectivity index is 1.91. The van der Waals surface area contributed by atoms with Gasteiger partial charge in [0.25, 0.3) is 0 Å². The molecule has 0 saturated carbocycles. The van der Waals surface area contributed by atoms with Crippen molar-refractivity contribution in [3.05, 3.63) is 12.4 Å². The van der Waals surface area contributed by atoms with E-state index < -0.39 is 0 Å². The monoisotopic (exact) mass is 434 g/mol. The van der Waals surface area contributed by atoms with E-state index in [-0.39, 0.29) is 0 Å². The van der Waals surface area contributed by atoms with Crippen molar-refractivity contribution in [1.29, 1.82) is 0 Å². The fourth-order valence-electron chi connectivity index (χ4n) is 4.99. The summed E-state index contributed by atoms with van der Waals surface area (Å²) in [6.07, 6.45) is 36.7. The third kappa shape index (κ3) is 15.7. The minimum absolute atomic E-state index is 0.623. The molecule has 0 aromatic rings. The van der Waals surface area contributed by atoms with Crippen LogP contribution in [0.15, 0.2) is 12.4 Å². The first kappa shape index (κ1) is 28.4. The molecule has 0 bridgehead atoms. The van der Waals surface area contributed by atoms with Crippen LogP contribution in [-0.2, 0) is 0 Å². The number of unbranched alkanes of at least 4 members (excludes halogenated alkanes) is 19. The van der Waals surface area contributed by atoms with Gasteiger partial charge in [-0.05, 0) is 19.3 Å². The smallest absolute Gasteiger partial charge is 0.100 e. The number of hydrogen-bond acceptors (Lipinski definition) is 2. The third-order valence-electron chi connectivity index (χ3n) is 7.18. The standard InChI is InChI=1S/C29H58N2/c1-4-6-8-10-12-13-14-15-16-17-18-20-22-24-26-31-28-27-30(3)29(31)25-23-21-19-11-9-7-5-2/h27-29H,4-26H2,1-3H3. The number of rotatable bonds is 23. The van der Waals surface area contributed by atoms with Crippen molar-refractivity contribution in [2.45, 2.75) is 161 Å². The molecule has 1 atom stereocenters. The quantitative estimate of drug-likeness (QED) is 0.148. The lowest BCUT2D eigenvalue weighted by Gasteiger charge is -2.30. The third-order valence-corrected chi connectivity index (χ3v) is 7.18. The van der Waals surface area contributed by atoms with Crippen molar-refractivity contribution in [3.63, 3.8) is 0 Å². The van der Waals surface area contributed by atoms with Crippen LogP contribution < -0.4 is 0 Å². The largest absolute Gasteiger partial charge is 0.359 e. The molecular formula is C29H58N2. The van der Waals surface area contributed by atoms with Crippen LogP contribution >= 0.6 is 0 Å². The number of hydrogen-bond donors (Lipinski definition) is 0. The molecule has 0 fully saturated rings. The SMILES string of the molecule is CCCCCCCCCCCCCCCCN1C=CN(C)C1CCCCCCCCC. The summed E-state index contributed by atoms with van der Waals surface area (Å²) in [5.41, 5.74) is 0. The Morgan fingerprint density at radius 2 is 0.871 bits per heavy atom. The molecule has 1 aliphatic rings. The Bertz CT molecular complexity index is 392. The second-order valence-electron chi connectivity index (χ2n) is 10.2. The summed E-state index contributed by atoms with van der Waals surface area (Å²) in [4.78, 5) is 5.04. The summed E-state index contributed by atoms with van der Waals surface area (Å²) in [6, 6.07) is 0. The molecule has 184 valence electrons. The predicted molar refractivity (Wildman–Crippen MR) is 140 cm³/mol. The molecule has 1 heterocycles. The summed E-state index contributed by atoms with van der Waals surface area (Å²) >= 11 is 0. The maximum atomic E-state index is 2.61. The Labute approximate surface area is 197 Å². The molecule has 0 spiro atoms. The van der Waals surface area contributed by atoms with Crippen LogP contribution in [0.3, 0.4) is 0 Å². The highest BCUT2D eigenvalue weighted by atomic mass is 15.4. The lowest BCUT2D eigenvalue weighted by Crippen LogP contribution is -2.37. The molecule has 0 aliphatic carbocycles. The lowest BCUT2D eigenvalue weighted by atomic mass is 10.0. The lowest BCUT2D eigenvalue weighted by molar-refractivity contribution is 0.159. The minimum atomic E-state index is 0.623. The Kier molecular flexibility index (Phi) is 19.4. The van der Waals surface area contributed by atoms with Crippen molar-refractivity contribution >= 4 is 0 Å². The zero-order chi connectivity index (χ0) is 22.4. The molecule has 0 aromatic carbocycles. The molecule has 0 saturated heterocycles. The van der Waals surface area contributed by atoms with Crippen LogP contribution in [0.5, 0.6) is 0 Å². The van der Waals surface area contributed by atoms with E-state index in [1.54, 1.807) is 0 Å². The molecule has 2 nitrogen and oxygen atoms in total. The summed E-state index contributed by atoms with van der Waals surface area (Å²) in [7, 11) is 2.26. The van der Waals surface area contributed by atoms with E-state index in [9.17, 15) is 0 Å². The van der Waals surface area contributed by atoms with Gasteiger partial charge in [-0.2, -0.15) is 0 Å². The average molecular weight is 435 g/mol. The minimum Gasteiger partial charge on any atom is -0.359 e. The van der Waals surface area contributed by atoms with Gasteiger partial charge in [-0.1, -0.05) is 136 Å². The zero-order valence-corrected chi connectivity index (χ0v) is 21.9. The van der Waals surface area contributed by atoms with Gasteiger partial charge in [0.1, 0.15) is 6.17 Å². The summed E-state index contributed by atoms with van der Waals surface area (Å²) in [5, 5.41) is 0. The van der Waals surface area contributed by atoms with Gasteiger partial charge >= 0.3 is 0 Å². The first-order valence-corrected chi connectivity index (χ1v) is 14.5. The van der Waals surface area contributed by atoms with Gasteiger partial charge in [-0.15, -0.1) is 0 Å². The molecule has 0 amide bonds. The van der Waals surface area contributed by atoms with Gasteiger partial charge in [0.2, 0.25) is 0 Å². The van der Waals surface area contributed by atoms with Crippen LogP contribution in [0.1, 0.15) is 155 Å². The molecule has 0 N–H and O–H groups in total. The van der Waals surface area contributed by atoms with E-state index in [1.165, 1.54) is 148 Å². The summed E-state index contributed by atoms with van der Waals surface area (Å²) in [5.74, 6) is 0. The van der Waals surface area contributed by atoms with E-state index in [1.807, 2.05) is 0 Å². The van der Waals surface area contributed by atoms with Gasteiger partial charge in [-0.25, -0.2) is 0 Å². The topological polar surface area (TPSA) is 6.48 Å². The molecule has 1 rings (SSSR count). The van der Waals surface area contributed by atoms with Crippen molar-refractivity contribution in [2.24, 2.45) is 0 Å². The van der Waals surface area contributed by atoms with Gasteiger partial charge in [0, 0.05) is 26.0 Å². The van der Waals surface area contributed by atoms with E-state index >= 15 is 0 Å². The van der Waals surface area contributed by atoms with Gasteiger partial charge in [-0.3, -0.25) is 0 Å². The highest BCUT2D eigenvalue weighted by Crippen LogP contribution is 2.21. The van der Waals surface area contributed by atoms with Crippen molar-refractivity contribution in [1.82, 2.24) is 9.80 Å². The van der Waals surface area contributed by atoms with Crippen LogP contribution in [-0.4, -0.2) is 29.6 Å². The van der Waals surface area contributed by atoms with Gasteiger partial charge < -0.3 is 9.80 Å².